The van der Waals surface area contributed by atoms with Gasteiger partial charge in [-0.3, -0.25) is 4.79 Å². The fourth-order valence-electron chi connectivity index (χ4n) is 5.70. The number of nitrogens with zero attached hydrogens (tertiary/aromatic N) is 2. The molecule has 1 saturated carbocycles. The van der Waals surface area contributed by atoms with Crippen LogP contribution in [0.5, 0.6) is 5.75 Å². The van der Waals surface area contributed by atoms with E-state index in [0.717, 1.165) is 42.0 Å². The molecule has 154 valence electrons. The van der Waals surface area contributed by atoms with Crippen LogP contribution in [0, 0.1) is 24.7 Å². The van der Waals surface area contributed by atoms with Crippen LogP contribution in [0.3, 0.4) is 0 Å². The molecule has 2 heterocycles. The molecule has 0 radical (unpaired) electrons. The third kappa shape index (κ3) is 4.03. The maximum Gasteiger partial charge on any atom is 0.272 e. The number of aromatic nitrogens is 1. The van der Waals surface area contributed by atoms with Crippen molar-refractivity contribution in [2.24, 2.45) is 10.8 Å². The lowest BCUT2D eigenvalue weighted by molar-refractivity contribution is 0.0701. The van der Waals surface area contributed by atoms with Gasteiger partial charge in [-0.05, 0) is 67.2 Å². The standard InChI is InChI=1S/C25H32N2O2/c1-17-8-6-9-18(2)22(17)29-14-19-10-7-11-21(26-19)23(28)27-16-25(5)13-20(27)12-24(3,4)15-25/h6-11,20H,12-16H2,1-5H3/t20-,25-/m1/s1. The van der Waals surface area contributed by atoms with Gasteiger partial charge >= 0.3 is 0 Å². The molecule has 0 unspecified atom stereocenters. The van der Waals surface area contributed by atoms with Crippen molar-refractivity contribution in [3.05, 3.63) is 58.9 Å². The quantitative estimate of drug-likeness (QED) is 0.707. The molecule has 0 N–H and O–H groups in total. The van der Waals surface area contributed by atoms with Gasteiger partial charge in [0.05, 0.1) is 5.69 Å². The van der Waals surface area contributed by atoms with E-state index in [9.17, 15) is 4.79 Å². The zero-order valence-electron chi connectivity index (χ0n) is 18.3. The van der Waals surface area contributed by atoms with E-state index < -0.39 is 0 Å². The molecule has 2 aliphatic rings. The Morgan fingerprint density at radius 1 is 1.10 bits per heavy atom. The van der Waals surface area contributed by atoms with E-state index in [-0.39, 0.29) is 11.3 Å². The minimum Gasteiger partial charge on any atom is -0.487 e. The van der Waals surface area contributed by atoms with E-state index in [1.807, 2.05) is 50.2 Å². The number of likely N-dealkylation sites (tertiary alicyclic amines) is 1. The molecule has 2 atom stereocenters. The number of amides is 1. The van der Waals surface area contributed by atoms with Crippen molar-refractivity contribution in [1.29, 1.82) is 0 Å². The smallest absolute Gasteiger partial charge is 0.272 e. The Labute approximate surface area is 174 Å². The molecule has 2 bridgehead atoms. The maximum atomic E-state index is 13.3. The summed E-state index contributed by atoms with van der Waals surface area (Å²) < 4.78 is 6.04. The van der Waals surface area contributed by atoms with E-state index in [1.54, 1.807) is 0 Å². The highest BCUT2D eigenvalue weighted by atomic mass is 16.5. The number of ether oxygens (including phenoxy) is 1. The second-order valence-electron chi connectivity index (χ2n) is 10.2. The van der Waals surface area contributed by atoms with Gasteiger partial charge in [0.1, 0.15) is 18.1 Å². The van der Waals surface area contributed by atoms with Gasteiger partial charge in [-0.25, -0.2) is 4.98 Å². The predicted molar refractivity (Wildman–Crippen MR) is 115 cm³/mol. The van der Waals surface area contributed by atoms with E-state index in [4.69, 9.17) is 4.74 Å². The van der Waals surface area contributed by atoms with Gasteiger partial charge in [-0.1, -0.05) is 45.0 Å². The number of hydrogen-bond acceptors (Lipinski definition) is 3. The van der Waals surface area contributed by atoms with Crippen LogP contribution in [0.25, 0.3) is 0 Å². The van der Waals surface area contributed by atoms with Gasteiger partial charge in [0.25, 0.3) is 5.91 Å². The van der Waals surface area contributed by atoms with E-state index in [2.05, 4.69) is 30.7 Å². The Kier molecular flexibility index (Phi) is 4.92. The van der Waals surface area contributed by atoms with Crippen LogP contribution in [0.1, 0.15) is 67.3 Å². The van der Waals surface area contributed by atoms with Crippen molar-refractivity contribution < 1.29 is 9.53 Å². The molecule has 1 aliphatic heterocycles. The van der Waals surface area contributed by atoms with Gasteiger partial charge < -0.3 is 9.64 Å². The van der Waals surface area contributed by atoms with Crippen molar-refractivity contribution in [3.63, 3.8) is 0 Å². The largest absolute Gasteiger partial charge is 0.487 e. The minimum atomic E-state index is 0.0605. The first kappa shape index (κ1) is 19.9. The topological polar surface area (TPSA) is 42.4 Å². The van der Waals surface area contributed by atoms with E-state index >= 15 is 0 Å². The fourth-order valence-corrected chi connectivity index (χ4v) is 5.70. The summed E-state index contributed by atoms with van der Waals surface area (Å²) >= 11 is 0. The SMILES string of the molecule is Cc1cccc(C)c1OCc1cccc(C(=O)N2C[C@]3(C)C[C@H]2CC(C)(C)C3)n1. The van der Waals surface area contributed by atoms with Crippen molar-refractivity contribution in [2.45, 2.75) is 66.5 Å². The van der Waals surface area contributed by atoms with Crippen LogP contribution in [-0.2, 0) is 6.61 Å². The summed E-state index contributed by atoms with van der Waals surface area (Å²) in [7, 11) is 0. The molecule has 1 aliphatic carbocycles. The monoisotopic (exact) mass is 392 g/mol. The number of pyridine rings is 1. The number of fused-ring (bicyclic) bond motifs is 2. The summed E-state index contributed by atoms with van der Waals surface area (Å²) in [4.78, 5) is 20.0. The van der Waals surface area contributed by atoms with Crippen LogP contribution in [0.2, 0.25) is 0 Å². The Bertz CT molecular complexity index is 916. The van der Waals surface area contributed by atoms with Gasteiger partial charge in [0.2, 0.25) is 0 Å². The number of aryl methyl sites for hydroxylation is 2. The lowest BCUT2D eigenvalue weighted by atomic mass is 9.65. The highest BCUT2D eigenvalue weighted by molar-refractivity contribution is 5.92. The summed E-state index contributed by atoms with van der Waals surface area (Å²) in [6.07, 6.45) is 3.36. The molecule has 1 aromatic heterocycles. The maximum absolute atomic E-state index is 13.3. The van der Waals surface area contributed by atoms with Crippen LogP contribution in [0.15, 0.2) is 36.4 Å². The molecule has 1 amide bonds. The van der Waals surface area contributed by atoms with Crippen LogP contribution in [0.4, 0.5) is 0 Å². The van der Waals surface area contributed by atoms with Crippen LogP contribution in [-0.4, -0.2) is 28.4 Å². The van der Waals surface area contributed by atoms with Crippen LogP contribution < -0.4 is 4.74 Å². The number of carbonyl (C=O) groups excluding carboxylic acids is 1. The molecule has 1 saturated heterocycles. The first-order valence-electron chi connectivity index (χ1n) is 10.6. The molecule has 4 rings (SSSR count). The molecule has 2 aromatic rings. The zero-order valence-corrected chi connectivity index (χ0v) is 18.3. The lowest BCUT2D eigenvalue weighted by Crippen LogP contribution is -2.38. The number of hydrogen-bond donors (Lipinski definition) is 0. The molecule has 29 heavy (non-hydrogen) atoms. The number of para-hydroxylation sites is 1. The molecule has 2 fully saturated rings. The minimum absolute atomic E-state index is 0.0605. The highest BCUT2D eigenvalue weighted by Crippen LogP contribution is 2.52. The van der Waals surface area contributed by atoms with Crippen LogP contribution >= 0.6 is 0 Å². The van der Waals surface area contributed by atoms with Gasteiger partial charge in [-0.2, -0.15) is 0 Å². The van der Waals surface area contributed by atoms with Gasteiger partial charge in [0.15, 0.2) is 0 Å². The van der Waals surface area contributed by atoms with Crippen molar-refractivity contribution >= 4 is 5.91 Å². The Morgan fingerprint density at radius 2 is 1.79 bits per heavy atom. The first-order chi connectivity index (χ1) is 13.7. The van der Waals surface area contributed by atoms with Gasteiger partial charge in [0, 0.05) is 12.6 Å². The lowest BCUT2D eigenvalue weighted by Gasteiger charge is -2.39. The average Bonchev–Trinajstić information content (AvgIpc) is 2.89. The Morgan fingerprint density at radius 3 is 2.52 bits per heavy atom. The summed E-state index contributed by atoms with van der Waals surface area (Å²) in [6, 6.07) is 12.1. The molecule has 0 spiro atoms. The fraction of sp³-hybridized carbons (Fsp3) is 0.520. The summed E-state index contributed by atoms with van der Waals surface area (Å²) in [5.74, 6) is 0.958. The molecular weight excluding hydrogens is 360 g/mol. The third-order valence-electron chi connectivity index (χ3n) is 6.47. The first-order valence-corrected chi connectivity index (χ1v) is 10.6. The molecular formula is C25H32N2O2. The van der Waals surface area contributed by atoms with E-state index in [1.165, 1.54) is 6.42 Å². The average molecular weight is 393 g/mol. The summed E-state index contributed by atoms with van der Waals surface area (Å²) in [5, 5.41) is 0. The molecule has 1 aromatic carbocycles. The summed E-state index contributed by atoms with van der Waals surface area (Å²) in [6.45, 7) is 12.3. The van der Waals surface area contributed by atoms with Gasteiger partial charge in [-0.15, -0.1) is 0 Å². The van der Waals surface area contributed by atoms with Crippen molar-refractivity contribution in [2.75, 3.05) is 6.54 Å². The van der Waals surface area contributed by atoms with E-state index in [0.29, 0.717) is 23.8 Å². The zero-order chi connectivity index (χ0) is 20.8. The molecule has 4 nitrogen and oxygen atoms in total. The Balaban J connectivity index is 1.50. The second kappa shape index (κ2) is 7.16. The molecule has 4 heteroatoms. The second-order valence-corrected chi connectivity index (χ2v) is 10.2. The van der Waals surface area contributed by atoms with Crippen molar-refractivity contribution in [1.82, 2.24) is 9.88 Å². The summed E-state index contributed by atoms with van der Waals surface area (Å²) in [5.41, 5.74) is 4.05. The third-order valence-corrected chi connectivity index (χ3v) is 6.47. The highest BCUT2D eigenvalue weighted by Gasteiger charge is 2.51. The Hall–Kier alpha value is -2.36. The van der Waals surface area contributed by atoms with Crippen molar-refractivity contribution in [3.8, 4) is 5.75 Å². The number of benzene rings is 1. The number of rotatable bonds is 4. The predicted octanol–water partition coefficient (Wildman–Crippen LogP) is 5.32. The number of carbonyl (C=O) groups is 1. The normalized spacial score (nSPS) is 25.1.